The Bertz CT molecular complexity index is 235. The Morgan fingerprint density at radius 2 is 1.72 bits per heavy atom. The van der Waals surface area contributed by atoms with E-state index in [1.54, 1.807) is 0 Å². The molecule has 1 atom stereocenters. The number of nitrogens with zero attached hydrogens (tertiary/aromatic N) is 1. The second-order valence-corrected chi connectivity index (χ2v) is 6.59. The third-order valence-electron chi connectivity index (χ3n) is 5.73. The van der Waals surface area contributed by atoms with Gasteiger partial charge < -0.3 is 5.11 Å². The van der Waals surface area contributed by atoms with Crippen LogP contribution in [0.3, 0.4) is 0 Å². The summed E-state index contributed by atoms with van der Waals surface area (Å²) in [6.07, 6.45) is 10.8. The molecular formula is C16H31NO. The molecule has 1 N–H and O–H groups in total. The van der Waals surface area contributed by atoms with E-state index in [9.17, 15) is 5.11 Å². The number of hydrogen-bond donors (Lipinski definition) is 1. The molecule has 0 radical (unpaired) electrons. The summed E-state index contributed by atoms with van der Waals surface area (Å²) in [6, 6.07) is 0.830. The molecule has 0 aromatic rings. The summed E-state index contributed by atoms with van der Waals surface area (Å²) < 4.78 is 0. The van der Waals surface area contributed by atoms with Crippen LogP contribution < -0.4 is 0 Å². The topological polar surface area (TPSA) is 23.5 Å². The molecule has 1 heterocycles. The molecule has 18 heavy (non-hydrogen) atoms. The molecular weight excluding hydrogens is 222 g/mol. The highest BCUT2D eigenvalue weighted by atomic mass is 16.3. The lowest BCUT2D eigenvalue weighted by Crippen LogP contribution is -2.44. The number of aliphatic hydroxyl groups excluding tert-OH is 1. The lowest BCUT2D eigenvalue weighted by molar-refractivity contribution is 0.0498. The number of hydrogen-bond acceptors (Lipinski definition) is 2. The van der Waals surface area contributed by atoms with Gasteiger partial charge in [-0.05, 0) is 51.0 Å². The zero-order valence-corrected chi connectivity index (χ0v) is 12.3. The minimum atomic E-state index is 0.154. The summed E-state index contributed by atoms with van der Waals surface area (Å²) in [4.78, 5) is 2.72. The molecule has 0 bridgehead atoms. The fourth-order valence-electron chi connectivity index (χ4n) is 4.10. The van der Waals surface area contributed by atoms with Gasteiger partial charge in [0.2, 0.25) is 0 Å². The first-order chi connectivity index (χ1) is 8.74. The minimum Gasteiger partial charge on any atom is -0.396 e. The maximum Gasteiger partial charge on any atom is 0.0499 e. The average Bonchev–Trinajstić information content (AvgIpc) is 3.06. The molecule has 1 aliphatic heterocycles. The van der Waals surface area contributed by atoms with Crippen LogP contribution in [0.25, 0.3) is 0 Å². The molecule has 1 unspecified atom stereocenters. The van der Waals surface area contributed by atoms with Crippen LogP contribution in [-0.2, 0) is 0 Å². The first-order valence-corrected chi connectivity index (χ1v) is 8.09. The summed E-state index contributed by atoms with van der Waals surface area (Å²) in [6.45, 7) is 7.22. The van der Waals surface area contributed by atoms with Gasteiger partial charge in [0.1, 0.15) is 0 Å². The predicted molar refractivity (Wildman–Crippen MR) is 76.7 cm³/mol. The van der Waals surface area contributed by atoms with E-state index < -0.39 is 0 Å². The van der Waals surface area contributed by atoms with Crippen LogP contribution in [0.4, 0.5) is 0 Å². The van der Waals surface area contributed by atoms with Gasteiger partial charge in [0.25, 0.3) is 0 Å². The first-order valence-electron chi connectivity index (χ1n) is 8.09. The SMILES string of the molecule is CCC(CC)(CO)CN1CCCC1C1CCCC1. The Morgan fingerprint density at radius 3 is 2.28 bits per heavy atom. The molecule has 0 aromatic heterocycles. The second kappa shape index (κ2) is 6.38. The fourth-order valence-corrected chi connectivity index (χ4v) is 4.10. The Balaban J connectivity index is 1.98. The van der Waals surface area contributed by atoms with E-state index in [1.807, 2.05) is 0 Å². The van der Waals surface area contributed by atoms with Crippen molar-refractivity contribution in [1.82, 2.24) is 4.90 Å². The van der Waals surface area contributed by atoms with Crippen LogP contribution in [0.1, 0.15) is 65.2 Å². The maximum absolute atomic E-state index is 9.76. The van der Waals surface area contributed by atoms with Crippen molar-refractivity contribution in [2.24, 2.45) is 11.3 Å². The lowest BCUT2D eigenvalue weighted by atomic mass is 9.82. The third-order valence-corrected chi connectivity index (χ3v) is 5.73. The molecule has 106 valence electrons. The molecule has 0 amide bonds. The van der Waals surface area contributed by atoms with Gasteiger partial charge in [-0.3, -0.25) is 4.90 Å². The van der Waals surface area contributed by atoms with Crippen molar-refractivity contribution in [1.29, 1.82) is 0 Å². The van der Waals surface area contributed by atoms with E-state index >= 15 is 0 Å². The molecule has 0 aromatic carbocycles. The van der Waals surface area contributed by atoms with E-state index in [-0.39, 0.29) is 5.41 Å². The van der Waals surface area contributed by atoms with Gasteiger partial charge in [-0.15, -0.1) is 0 Å². The van der Waals surface area contributed by atoms with Crippen LogP contribution in [0.5, 0.6) is 0 Å². The van der Waals surface area contributed by atoms with Crippen LogP contribution in [0.15, 0.2) is 0 Å². The van der Waals surface area contributed by atoms with Crippen molar-refractivity contribution in [2.45, 2.75) is 71.3 Å². The van der Waals surface area contributed by atoms with Crippen LogP contribution in [0.2, 0.25) is 0 Å². The zero-order chi connectivity index (χ0) is 13.0. The number of aliphatic hydroxyl groups is 1. The minimum absolute atomic E-state index is 0.154. The van der Waals surface area contributed by atoms with Crippen molar-refractivity contribution in [3.05, 3.63) is 0 Å². The molecule has 2 heteroatoms. The van der Waals surface area contributed by atoms with Crippen molar-refractivity contribution >= 4 is 0 Å². The Morgan fingerprint density at radius 1 is 1.06 bits per heavy atom. The largest absolute Gasteiger partial charge is 0.396 e. The molecule has 2 aliphatic rings. The number of rotatable bonds is 6. The summed E-state index contributed by atoms with van der Waals surface area (Å²) in [5.74, 6) is 0.956. The van der Waals surface area contributed by atoms with Crippen molar-refractivity contribution < 1.29 is 5.11 Å². The molecule has 1 aliphatic carbocycles. The van der Waals surface area contributed by atoms with Crippen molar-refractivity contribution in [2.75, 3.05) is 19.7 Å². The lowest BCUT2D eigenvalue weighted by Gasteiger charge is -2.38. The molecule has 2 nitrogen and oxygen atoms in total. The van der Waals surface area contributed by atoms with Crippen molar-refractivity contribution in [3.63, 3.8) is 0 Å². The van der Waals surface area contributed by atoms with Crippen molar-refractivity contribution in [3.8, 4) is 0 Å². The highest BCUT2D eigenvalue weighted by Gasteiger charge is 2.37. The zero-order valence-electron chi connectivity index (χ0n) is 12.3. The Hall–Kier alpha value is -0.0800. The van der Waals surface area contributed by atoms with Gasteiger partial charge >= 0.3 is 0 Å². The molecule has 1 saturated carbocycles. The van der Waals surface area contributed by atoms with Gasteiger partial charge in [-0.1, -0.05) is 26.7 Å². The molecule has 0 spiro atoms. The van der Waals surface area contributed by atoms with Gasteiger partial charge in [0.05, 0.1) is 0 Å². The summed E-state index contributed by atoms with van der Waals surface area (Å²) in [5.41, 5.74) is 0.154. The molecule has 2 rings (SSSR count). The summed E-state index contributed by atoms with van der Waals surface area (Å²) in [5, 5.41) is 9.76. The second-order valence-electron chi connectivity index (χ2n) is 6.59. The standard InChI is InChI=1S/C16H31NO/c1-3-16(4-2,13-18)12-17-11-7-10-15(17)14-8-5-6-9-14/h14-15,18H,3-13H2,1-2H3. The third kappa shape index (κ3) is 2.91. The van der Waals surface area contributed by atoms with E-state index in [4.69, 9.17) is 0 Å². The first kappa shape index (κ1) is 14.3. The fraction of sp³-hybridized carbons (Fsp3) is 1.00. The molecule has 2 fully saturated rings. The quantitative estimate of drug-likeness (QED) is 0.784. The Labute approximate surface area is 113 Å². The van der Waals surface area contributed by atoms with E-state index in [0.717, 1.165) is 31.3 Å². The monoisotopic (exact) mass is 253 g/mol. The van der Waals surface area contributed by atoms with Gasteiger partial charge in [-0.25, -0.2) is 0 Å². The highest BCUT2D eigenvalue weighted by Crippen LogP contribution is 2.38. The van der Waals surface area contributed by atoms with E-state index in [1.165, 1.54) is 45.1 Å². The smallest absolute Gasteiger partial charge is 0.0499 e. The average molecular weight is 253 g/mol. The van der Waals surface area contributed by atoms with Crippen LogP contribution in [0, 0.1) is 11.3 Å². The number of likely N-dealkylation sites (tertiary alicyclic amines) is 1. The van der Waals surface area contributed by atoms with Gasteiger partial charge in [-0.2, -0.15) is 0 Å². The van der Waals surface area contributed by atoms with E-state index in [0.29, 0.717) is 6.61 Å². The normalized spacial score (nSPS) is 27.2. The highest BCUT2D eigenvalue weighted by molar-refractivity contribution is 4.91. The Kier molecular flexibility index (Phi) is 5.08. The molecule has 1 saturated heterocycles. The van der Waals surface area contributed by atoms with Crippen LogP contribution >= 0.6 is 0 Å². The summed E-state index contributed by atoms with van der Waals surface area (Å²) >= 11 is 0. The maximum atomic E-state index is 9.76. The predicted octanol–water partition coefficient (Wildman–Crippen LogP) is 3.44. The van der Waals surface area contributed by atoms with E-state index in [2.05, 4.69) is 18.7 Å². The van der Waals surface area contributed by atoms with Gasteiger partial charge in [0.15, 0.2) is 0 Å². The summed E-state index contributed by atoms with van der Waals surface area (Å²) in [7, 11) is 0. The van der Waals surface area contributed by atoms with Gasteiger partial charge in [0, 0.05) is 24.6 Å². The van der Waals surface area contributed by atoms with Crippen LogP contribution in [-0.4, -0.2) is 35.7 Å².